The Balaban J connectivity index is 1.76. The Morgan fingerprint density at radius 1 is 0.882 bits per heavy atom. The van der Waals surface area contributed by atoms with Crippen LogP contribution >= 0.6 is 11.8 Å². The van der Waals surface area contributed by atoms with Gasteiger partial charge in [0.2, 0.25) is 0 Å². The molecule has 1 heterocycles. The zero-order chi connectivity index (χ0) is 24.2. The summed E-state index contributed by atoms with van der Waals surface area (Å²) >= 11 is 1.86. The zero-order valence-corrected chi connectivity index (χ0v) is 20.9. The standard InChI is InChI=1S/C29H33NO3S/c1-28(2,3)33-27(32)30-20-26(19-25(30)21-31)34-29(22-13-7-4-8-14-22,23-15-9-5-10-16-23)24-17-11-6-12-18-24/h4-18,25-26,31H,19-21H2,1-3H3/t25-,26+/m1/s1. The summed E-state index contributed by atoms with van der Waals surface area (Å²) in [6, 6.07) is 31.4. The van der Waals surface area contributed by atoms with Gasteiger partial charge in [-0.1, -0.05) is 91.0 Å². The van der Waals surface area contributed by atoms with Gasteiger partial charge in [-0.05, 0) is 43.9 Å². The fourth-order valence-electron chi connectivity index (χ4n) is 4.65. The second kappa shape index (κ2) is 10.2. The summed E-state index contributed by atoms with van der Waals surface area (Å²) in [5.74, 6) is 0. The Morgan fingerprint density at radius 2 is 1.32 bits per heavy atom. The number of aliphatic hydroxyl groups excluding tert-OH is 1. The molecule has 1 fully saturated rings. The molecule has 0 bridgehead atoms. The molecule has 1 saturated heterocycles. The van der Waals surface area contributed by atoms with Crippen LogP contribution in [0.4, 0.5) is 4.79 Å². The molecule has 1 aliphatic rings. The average molecular weight is 476 g/mol. The normalized spacial score (nSPS) is 18.6. The molecule has 0 saturated carbocycles. The zero-order valence-electron chi connectivity index (χ0n) is 20.1. The first-order chi connectivity index (χ1) is 16.3. The largest absolute Gasteiger partial charge is 0.444 e. The molecule has 1 amide bonds. The number of carbonyl (C=O) groups is 1. The second-order valence-corrected chi connectivity index (χ2v) is 11.2. The molecule has 0 aromatic heterocycles. The number of aliphatic hydroxyl groups is 1. The summed E-state index contributed by atoms with van der Waals surface area (Å²) in [5, 5.41) is 10.2. The Bertz CT molecular complexity index is 970. The topological polar surface area (TPSA) is 49.8 Å². The molecular weight excluding hydrogens is 442 g/mol. The summed E-state index contributed by atoms with van der Waals surface area (Å²) < 4.78 is 5.19. The highest BCUT2D eigenvalue weighted by Gasteiger charge is 2.44. The van der Waals surface area contributed by atoms with E-state index in [1.165, 1.54) is 16.7 Å². The third-order valence-corrected chi connectivity index (χ3v) is 7.83. The predicted molar refractivity (Wildman–Crippen MR) is 139 cm³/mol. The number of thioether (sulfide) groups is 1. The molecule has 1 aliphatic heterocycles. The van der Waals surface area contributed by atoms with Crippen LogP contribution < -0.4 is 0 Å². The molecule has 1 N–H and O–H groups in total. The lowest BCUT2D eigenvalue weighted by Crippen LogP contribution is -2.41. The van der Waals surface area contributed by atoms with Gasteiger partial charge in [0.1, 0.15) is 5.60 Å². The van der Waals surface area contributed by atoms with Gasteiger partial charge in [-0.15, -0.1) is 11.8 Å². The smallest absolute Gasteiger partial charge is 0.410 e. The van der Waals surface area contributed by atoms with Gasteiger partial charge in [0.15, 0.2) is 0 Å². The van der Waals surface area contributed by atoms with Crippen molar-refractivity contribution in [1.82, 2.24) is 4.90 Å². The van der Waals surface area contributed by atoms with Gasteiger partial charge < -0.3 is 14.7 Å². The quantitative estimate of drug-likeness (QED) is 0.439. The average Bonchev–Trinajstić information content (AvgIpc) is 3.26. The lowest BCUT2D eigenvalue weighted by Gasteiger charge is -2.37. The van der Waals surface area contributed by atoms with Gasteiger partial charge in [-0.2, -0.15) is 0 Å². The summed E-state index contributed by atoms with van der Waals surface area (Å²) in [6.07, 6.45) is 0.341. The number of hydrogen-bond acceptors (Lipinski definition) is 4. The van der Waals surface area contributed by atoms with Gasteiger partial charge in [-0.3, -0.25) is 0 Å². The van der Waals surface area contributed by atoms with E-state index in [0.717, 1.165) is 0 Å². The summed E-state index contributed by atoms with van der Waals surface area (Å²) in [4.78, 5) is 14.6. The molecule has 3 aromatic carbocycles. The first-order valence-electron chi connectivity index (χ1n) is 11.8. The van der Waals surface area contributed by atoms with Crippen LogP contribution in [0, 0.1) is 0 Å². The highest BCUT2D eigenvalue weighted by molar-refractivity contribution is 8.01. The van der Waals surface area contributed by atoms with Crippen LogP contribution in [0.1, 0.15) is 43.9 Å². The maximum Gasteiger partial charge on any atom is 0.410 e. The van der Waals surface area contributed by atoms with Gasteiger partial charge in [-0.25, -0.2) is 4.79 Å². The Morgan fingerprint density at radius 3 is 1.71 bits per heavy atom. The molecule has 0 spiro atoms. The first kappa shape index (κ1) is 24.4. The van der Waals surface area contributed by atoms with Gasteiger partial charge in [0.05, 0.1) is 17.4 Å². The van der Waals surface area contributed by atoms with Crippen LogP contribution in [-0.4, -0.2) is 46.1 Å². The number of benzene rings is 3. The van der Waals surface area contributed by atoms with Crippen molar-refractivity contribution >= 4 is 17.9 Å². The van der Waals surface area contributed by atoms with E-state index in [0.29, 0.717) is 13.0 Å². The maximum atomic E-state index is 12.9. The van der Waals surface area contributed by atoms with Crippen molar-refractivity contribution in [3.05, 3.63) is 108 Å². The molecule has 34 heavy (non-hydrogen) atoms. The molecule has 0 unspecified atom stereocenters. The van der Waals surface area contributed by atoms with E-state index >= 15 is 0 Å². The van der Waals surface area contributed by atoms with Crippen molar-refractivity contribution in [3.8, 4) is 0 Å². The van der Waals surface area contributed by atoms with Crippen molar-refractivity contribution in [2.45, 2.75) is 48.8 Å². The molecule has 2 atom stereocenters. The summed E-state index contributed by atoms with van der Waals surface area (Å²) in [5.41, 5.74) is 2.99. The third kappa shape index (κ3) is 5.16. The number of hydrogen-bond donors (Lipinski definition) is 1. The van der Waals surface area contributed by atoms with E-state index in [1.807, 2.05) is 50.7 Å². The van der Waals surface area contributed by atoms with E-state index < -0.39 is 10.3 Å². The van der Waals surface area contributed by atoms with Crippen LogP contribution in [-0.2, 0) is 9.48 Å². The minimum absolute atomic E-state index is 0.0781. The molecule has 0 aliphatic carbocycles. The van der Waals surface area contributed by atoms with Crippen molar-refractivity contribution < 1.29 is 14.6 Å². The molecule has 5 heteroatoms. The number of likely N-dealkylation sites (tertiary alicyclic amines) is 1. The number of ether oxygens (including phenoxy) is 1. The molecular formula is C29H33NO3S. The van der Waals surface area contributed by atoms with Crippen molar-refractivity contribution in [2.24, 2.45) is 0 Å². The Hall–Kier alpha value is -2.76. The minimum Gasteiger partial charge on any atom is -0.444 e. The number of amides is 1. The van der Waals surface area contributed by atoms with Crippen molar-refractivity contribution in [2.75, 3.05) is 13.2 Å². The third-order valence-electron chi connectivity index (χ3n) is 6.10. The molecule has 4 nitrogen and oxygen atoms in total. The van der Waals surface area contributed by atoms with Crippen molar-refractivity contribution in [3.63, 3.8) is 0 Å². The number of nitrogens with zero attached hydrogens (tertiary/aromatic N) is 1. The van der Waals surface area contributed by atoms with Gasteiger partial charge in [0.25, 0.3) is 0 Å². The first-order valence-corrected chi connectivity index (χ1v) is 12.7. The van der Waals surface area contributed by atoms with Gasteiger partial charge in [0, 0.05) is 11.8 Å². The van der Waals surface area contributed by atoms with Crippen LogP contribution in [0.5, 0.6) is 0 Å². The fourth-order valence-corrected chi connectivity index (χ4v) is 6.52. The predicted octanol–water partition coefficient (Wildman–Crippen LogP) is 6.08. The maximum absolute atomic E-state index is 12.9. The van der Waals surface area contributed by atoms with Crippen LogP contribution in [0.15, 0.2) is 91.0 Å². The van der Waals surface area contributed by atoms with E-state index in [4.69, 9.17) is 4.74 Å². The van der Waals surface area contributed by atoms with E-state index in [2.05, 4.69) is 72.8 Å². The number of rotatable bonds is 6. The highest BCUT2D eigenvalue weighted by Crippen LogP contribution is 2.52. The van der Waals surface area contributed by atoms with E-state index in [-0.39, 0.29) is 24.0 Å². The van der Waals surface area contributed by atoms with E-state index in [1.54, 1.807) is 4.90 Å². The number of carbonyl (C=O) groups excluding carboxylic acids is 1. The molecule has 3 aromatic rings. The molecule has 178 valence electrons. The highest BCUT2D eigenvalue weighted by atomic mass is 32.2. The monoisotopic (exact) mass is 475 g/mol. The lowest BCUT2D eigenvalue weighted by molar-refractivity contribution is 0.0176. The second-order valence-electron chi connectivity index (χ2n) is 9.72. The molecule has 4 rings (SSSR count). The van der Waals surface area contributed by atoms with Crippen LogP contribution in [0.2, 0.25) is 0 Å². The Labute approximate surface area is 207 Å². The summed E-state index contributed by atoms with van der Waals surface area (Å²) in [7, 11) is 0. The fraction of sp³-hybridized carbons (Fsp3) is 0.345. The SMILES string of the molecule is CC(C)(C)OC(=O)N1C[C@@H](SC(c2ccccc2)(c2ccccc2)c2ccccc2)C[C@@H]1CO. The minimum atomic E-state index is -0.579. The van der Waals surface area contributed by atoms with Crippen LogP contribution in [0.3, 0.4) is 0 Å². The van der Waals surface area contributed by atoms with Crippen LogP contribution in [0.25, 0.3) is 0 Å². The Kier molecular flexibility index (Phi) is 7.34. The molecule has 0 radical (unpaired) electrons. The van der Waals surface area contributed by atoms with Gasteiger partial charge >= 0.3 is 6.09 Å². The lowest BCUT2D eigenvalue weighted by atomic mass is 9.84. The van der Waals surface area contributed by atoms with Crippen molar-refractivity contribution in [1.29, 1.82) is 0 Å². The van der Waals surface area contributed by atoms with E-state index in [9.17, 15) is 9.90 Å². The summed E-state index contributed by atoms with van der Waals surface area (Å²) in [6.45, 7) is 6.05.